The van der Waals surface area contributed by atoms with Crippen molar-refractivity contribution in [2.45, 2.75) is 32.8 Å². The summed E-state index contributed by atoms with van der Waals surface area (Å²) in [5.41, 5.74) is 1.38. The van der Waals surface area contributed by atoms with E-state index in [2.05, 4.69) is 31.2 Å². The largest absolute Gasteiger partial charge is 0.444 e. The van der Waals surface area contributed by atoms with Crippen LogP contribution >= 0.6 is 11.6 Å². The number of aromatic nitrogens is 2. The highest BCUT2D eigenvalue weighted by Gasteiger charge is 2.19. The lowest BCUT2D eigenvalue weighted by molar-refractivity contribution is 0.0522. The summed E-state index contributed by atoms with van der Waals surface area (Å²) in [6.07, 6.45) is 7.56. The fourth-order valence-corrected chi connectivity index (χ4v) is 3.36. The third-order valence-corrected chi connectivity index (χ3v) is 5.02. The summed E-state index contributed by atoms with van der Waals surface area (Å²) in [6.45, 7) is 5.91. The molecule has 1 heterocycles. The summed E-state index contributed by atoms with van der Waals surface area (Å²) in [5.74, 6) is 0.580. The van der Waals surface area contributed by atoms with Crippen LogP contribution in [0, 0.1) is 5.92 Å². The number of carbonyl (C=O) groups excluding carboxylic acids is 2. The molecule has 1 atom stereocenters. The van der Waals surface area contributed by atoms with Crippen LogP contribution in [-0.2, 0) is 4.74 Å². The molecular formula is C24H29ClN6O3. The number of para-hydroxylation sites is 1. The normalized spacial score (nSPS) is 15.2. The molecule has 4 N–H and O–H groups in total. The average Bonchev–Trinajstić information content (AvgIpc) is 2.79. The van der Waals surface area contributed by atoms with Crippen LogP contribution in [0.1, 0.15) is 37.6 Å². The van der Waals surface area contributed by atoms with Gasteiger partial charge in [-0.1, -0.05) is 35.9 Å². The van der Waals surface area contributed by atoms with Gasteiger partial charge in [0.05, 0.1) is 17.4 Å². The molecule has 3 rings (SSSR count). The maximum atomic E-state index is 12.2. The molecule has 9 nitrogen and oxygen atoms in total. The second kappa shape index (κ2) is 11.0. The summed E-state index contributed by atoms with van der Waals surface area (Å²) in [5, 5.41) is 12.0. The standard InChI is InChI=1S/C24H29ClN6O3/c1-24(2,3)34-23(33)28-13-15-8-7-9-16(12-15)29-22-27-14-18(25)20(31-22)30-19-11-6-5-10-17(19)21(32)26-4/h5-11,14-15H,12-13H2,1-4H3,(H,26,32)(H,28,33)(H2,27,29,30,31). The van der Waals surface area contributed by atoms with Gasteiger partial charge >= 0.3 is 6.09 Å². The zero-order valence-electron chi connectivity index (χ0n) is 19.6. The summed E-state index contributed by atoms with van der Waals surface area (Å²) in [7, 11) is 1.57. The smallest absolute Gasteiger partial charge is 0.407 e. The highest BCUT2D eigenvalue weighted by atomic mass is 35.5. The molecule has 2 aromatic rings. The quantitative estimate of drug-likeness (QED) is 0.452. The number of allylic oxidation sites excluding steroid dienone is 3. The van der Waals surface area contributed by atoms with Gasteiger partial charge in [-0.25, -0.2) is 9.78 Å². The molecule has 10 heteroatoms. The molecule has 0 saturated heterocycles. The van der Waals surface area contributed by atoms with Crippen molar-refractivity contribution in [1.82, 2.24) is 20.6 Å². The summed E-state index contributed by atoms with van der Waals surface area (Å²) in [6, 6.07) is 7.07. The van der Waals surface area contributed by atoms with E-state index in [1.165, 1.54) is 6.20 Å². The third kappa shape index (κ3) is 7.21. The van der Waals surface area contributed by atoms with Gasteiger partial charge in [0.2, 0.25) is 5.95 Å². The lowest BCUT2D eigenvalue weighted by atomic mass is 9.98. The second-order valence-electron chi connectivity index (χ2n) is 8.69. The Kier molecular flexibility index (Phi) is 8.12. The minimum atomic E-state index is -0.544. The number of hydrogen-bond donors (Lipinski definition) is 4. The first-order chi connectivity index (χ1) is 16.1. The minimum Gasteiger partial charge on any atom is -0.444 e. The van der Waals surface area contributed by atoms with Gasteiger partial charge in [-0.2, -0.15) is 4.98 Å². The van der Waals surface area contributed by atoms with Crippen molar-refractivity contribution < 1.29 is 14.3 Å². The van der Waals surface area contributed by atoms with E-state index in [4.69, 9.17) is 16.3 Å². The molecule has 0 aliphatic heterocycles. The Balaban J connectivity index is 1.64. The molecule has 1 aromatic heterocycles. The van der Waals surface area contributed by atoms with Crippen molar-refractivity contribution in [2.75, 3.05) is 24.2 Å². The Morgan fingerprint density at radius 3 is 2.71 bits per heavy atom. The first-order valence-electron chi connectivity index (χ1n) is 10.9. The second-order valence-corrected chi connectivity index (χ2v) is 9.10. The summed E-state index contributed by atoms with van der Waals surface area (Å²) < 4.78 is 5.29. The van der Waals surface area contributed by atoms with Crippen LogP contribution in [0.4, 0.5) is 22.2 Å². The van der Waals surface area contributed by atoms with Gasteiger partial charge in [-0.3, -0.25) is 4.79 Å². The van der Waals surface area contributed by atoms with Crippen LogP contribution in [0.2, 0.25) is 5.02 Å². The maximum absolute atomic E-state index is 12.2. The monoisotopic (exact) mass is 484 g/mol. The first-order valence-corrected chi connectivity index (χ1v) is 11.2. The molecular weight excluding hydrogens is 456 g/mol. The van der Waals surface area contributed by atoms with E-state index in [0.717, 1.165) is 5.70 Å². The predicted molar refractivity (Wildman–Crippen MR) is 133 cm³/mol. The van der Waals surface area contributed by atoms with E-state index in [-0.39, 0.29) is 11.8 Å². The molecule has 0 spiro atoms. The van der Waals surface area contributed by atoms with Gasteiger partial charge in [-0.15, -0.1) is 0 Å². The number of alkyl carbamates (subject to hydrolysis) is 1. The summed E-state index contributed by atoms with van der Waals surface area (Å²) >= 11 is 6.30. The number of anilines is 3. The SMILES string of the molecule is CNC(=O)c1ccccc1Nc1nc(NC2=CC=CC(CNC(=O)OC(C)(C)C)C2)ncc1Cl. The maximum Gasteiger partial charge on any atom is 0.407 e. The number of benzene rings is 1. The zero-order valence-corrected chi connectivity index (χ0v) is 20.4. The number of halogens is 1. The van der Waals surface area contributed by atoms with Crippen molar-refractivity contribution in [3.05, 3.63) is 65.0 Å². The minimum absolute atomic E-state index is 0.0874. The van der Waals surface area contributed by atoms with Gasteiger partial charge in [0.25, 0.3) is 5.91 Å². The van der Waals surface area contributed by atoms with E-state index >= 15 is 0 Å². The first kappa shape index (κ1) is 25.0. The molecule has 0 radical (unpaired) electrons. The molecule has 0 fully saturated rings. The van der Waals surface area contributed by atoms with Crippen LogP contribution in [0.25, 0.3) is 0 Å². The Bertz CT molecular complexity index is 1110. The van der Waals surface area contributed by atoms with Gasteiger partial charge in [-0.05, 0) is 45.4 Å². The third-order valence-electron chi connectivity index (χ3n) is 4.74. The van der Waals surface area contributed by atoms with Gasteiger partial charge in [0.15, 0.2) is 5.82 Å². The Morgan fingerprint density at radius 2 is 1.97 bits per heavy atom. The van der Waals surface area contributed by atoms with Gasteiger partial charge < -0.3 is 26.0 Å². The van der Waals surface area contributed by atoms with E-state index in [1.807, 2.05) is 45.1 Å². The van der Waals surface area contributed by atoms with E-state index in [0.29, 0.717) is 41.0 Å². The van der Waals surface area contributed by atoms with E-state index < -0.39 is 11.7 Å². The number of rotatable bonds is 7. The number of ether oxygens (including phenoxy) is 1. The molecule has 1 unspecified atom stereocenters. The molecule has 1 aliphatic carbocycles. The Hall–Kier alpha value is -3.59. The Labute approximate surface area is 204 Å². The molecule has 2 amide bonds. The van der Waals surface area contributed by atoms with E-state index in [1.54, 1.807) is 25.2 Å². The van der Waals surface area contributed by atoms with Crippen LogP contribution in [-0.4, -0.2) is 41.2 Å². The van der Waals surface area contributed by atoms with Crippen molar-refractivity contribution in [1.29, 1.82) is 0 Å². The zero-order chi connectivity index (χ0) is 24.7. The average molecular weight is 485 g/mol. The highest BCUT2D eigenvalue weighted by Crippen LogP contribution is 2.27. The fourth-order valence-electron chi connectivity index (χ4n) is 3.22. The van der Waals surface area contributed by atoms with Crippen LogP contribution in [0.3, 0.4) is 0 Å². The van der Waals surface area contributed by atoms with Crippen molar-refractivity contribution in [3.63, 3.8) is 0 Å². The molecule has 34 heavy (non-hydrogen) atoms. The molecule has 1 aliphatic rings. The van der Waals surface area contributed by atoms with Gasteiger partial charge in [0, 0.05) is 25.2 Å². The van der Waals surface area contributed by atoms with Crippen molar-refractivity contribution in [3.8, 4) is 0 Å². The van der Waals surface area contributed by atoms with Gasteiger partial charge in [0.1, 0.15) is 10.6 Å². The molecule has 1 aromatic carbocycles. The highest BCUT2D eigenvalue weighted by molar-refractivity contribution is 6.33. The Morgan fingerprint density at radius 1 is 1.21 bits per heavy atom. The van der Waals surface area contributed by atoms with Crippen molar-refractivity contribution in [2.24, 2.45) is 5.92 Å². The molecule has 0 bridgehead atoms. The lowest BCUT2D eigenvalue weighted by Gasteiger charge is -2.22. The summed E-state index contributed by atoms with van der Waals surface area (Å²) in [4.78, 5) is 32.8. The van der Waals surface area contributed by atoms with E-state index in [9.17, 15) is 9.59 Å². The number of amides is 2. The number of nitrogens with one attached hydrogen (secondary N) is 4. The topological polar surface area (TPSA) is 117 Å². The van der Waals surface area contributed by atoms with Crippen molar-refractivity contribution >= 4 is 41.1 Å². The number of hydrogen-bond acceptors (Lipinski definition) is 7. The number of carbonyl (C=O) groups is 2. The lowest BCUT2D eigenvalue weighted by Crippen LogP contribution is -2.35. The fraction of sp³-hybridized carbons (Fsp3) is 0.333. The predicted octanol–water partition coefficient (Wildman–Crippen LogP) is 4.63. The van der Waals surface area contributed by atoms with Crippen LogP contribution < -0.4 is 21.3 Å². The number of nitrogens with zero attached hydrogens (tertiary/aromatic N) is 2. The molecule has 0 saturated carbocycles. The van der Waals surface area contributed by atoms with Crippen LogP contribution in [0.5, 0.6) is 0 Å². The van der Waals surface area contributed by atoms with Crippen LogP contribution in [0.15, 0.2) is 54.4 Å². The molecule has 180 valence electrons.